The quantitative estimate of drug-likeness (QED) is 0.557. The van der Waals surface area contributed by atoms with Crippen LogP contribution in [-0.4, -0.2) is 12.1 Å². The van der Waals surface area contributed by atoms with Gasteiger partial charge in [0.05, 0.1) is 0 Å². The van der Waals surface area contributed by atoms with E-state index in [1.54, 1.807) is 0 Å². The molecule has 0 aromatic rings. The van der Waals surface area contributed by atoms with Crippen molar-refractivity contribution < 1.29 is 9.53 Å². The van der Waals surface area contributed by atoms with E-state index in [4.69, 9.17) is 4.74 Å². The van der Waals surface area contributed by atoms with Gasteiger partial charge < -0.3 is 4.74 Å². The first-order valence-corrected chi connectivity index (χ1v) is 5.67. The van der Waals surface area contributed by atoms with Crippen molar-refractivity contribution in [2.45, 2.75) is 52.6 Å². The molecule has 2 fully saturated rings. The van der Waals surface area contributed by atoms with Gasteiger partial charge in [-0.1, -0.05) is 20.8 Å². The molecule has 2 heteroatoms. The maximum Gasteiger partial charge on any atom is 0.306 e. The smallest absolute Gasteiger partial charge is 0.306 e. The van der Waals surface area contributed by atoms with Crippen molar-refractivity contribution in [2.24, 2.45) is 17.3 Å². The summed E-state index contributed by atoms with van der Waals surface area (Å²) in [5.41, 5.74) is 0.360. The van der Waals surface area contributed by atoms with Gasteiger partial charge in [-0.25, -0.2) is 0 Å². The minimum atomic E-state index is 0.0106. The molecule has 0 amide bonds. The highest BCUT2D eigenvalue weighted by Gasteiger charge is 2.42. The predicted octanol–water partition coefficient (Wildman–Crippen LogP) is 2.76. The fourth-order valence-electron chi connectivity index (χ4n) is 2.95. The first-order valence-electron chi connectivity index (χ1n) is 5.67. The Bertz CT molecular complexity index is 245. The second-order valence-corrected chi connectivity index (χ2v) is 5.78. The molecule has 3 atom stereocenters. The Hall–Kier alpha value is -0.530. The van der Waals surface area contributed by atoms with Crippen molar-refractivity contribution in [2.75, 3.05) is 0 Å². The van der Waals surface area contributed by atoms with E-state index in [0.717, 1.165) is 6.42 Å². The van der Waals surface area contributed by atoms with E-state index >= 15 is 0 Å². The summed E-state index contributed by atoms with van der Waals surface area (Å²) in [5.74, 6) is 1.16. The van der Waals surface area contributed by atoms with E-state index in [1.807, 2.05) is 0 Å². The zero-order valence-corrected chi connectivity index (χ0v) is 9.38. The lowest BCUT2D eigenvalue weighted by Gasteiger charge is -2.45. The highest BCUT2D eigenvalue weighted by molar-refractivity contribution is 5.70. The molecule has 0 aromatic carbocycles. The number of ether oxygens (including phenoxy) is 1. The Kier molecular flexibility index (Phi) is 2.32. The SMILES string of the molecule is CC1CC(=O)OC2CC(C)(C)CCC12. The summed E-state index contributed by atoms with van der Waals surface area (Å²) in [4.78, 5) is 11.3. The molecule has 0 radical (unpaired) electrons. The maximum absolute atomic E-state index is 11.3. The molecule has 0 N–H and O–H groups in total. The first kappa shape index (κ1) is 10.0. The molecule has 1 aliphatic carbocycles. The van der Waals surface area contributed by atoms with Crippen LogP contribution in [-0.2, 0) is 9.53 Å². The fraction of sp³-hybridized carbons (Fsp3) is 0.917. The molecule has 80 valence electrons. The third kappa shape index (κ3) is 1.79. The van der Waals surface area contributed by atoms with Crippen LogP contribution in [0.5, 0.6) is 0 Å². The van der Waals surface area contributed by atoms with Gasteiger partial charge >= 0.3 is 5.97 Å². The predicted molar refractivity (Wildman–Crippen MR) is 54.8 cm³/mol. The van der Waals surface area contributed by atoms with Crippen LogP contribution in [0.1, 0.15) is 46.5 Å². The summed E-state index contributed by atoms with van der Waals surface area (Å²) in [6.45, 7) is 6.74. The molecule has 2 aliphatic rings. The molecule has 2 nitrogen and oxygen atoms in total. The molecule has 0 spiro atoms. The van der Waals surface area contributed by atoms with Gasteiger partial charge in [0, 0.05) is 6.42 Å². The number of carbonyl (C=O) groups is 1. The van der Waals surface area contributed by atoms with E-state index in [2.05, 4.69) is 20.8 Å². The molecule has 1 saturated carbocycles. The van der Waals surface area contributed by atoms with Gasteiger partial charge in [0.25, 0.3) is 0 Å². The topological polar surface area (TPSA) is 26.3 Å². The third-order valence-corrected chi connectivity index (χ3v) is 3.89. The van der Waals surface area contributed by atoms with E-state index in [1.165, 1.54) is 12.8 Å². The van der Waals surface area contributed by atoms with Gasteiger partial charge in [-0.3, -0.25) is 4.79 Å². The van der Waals surface area contributed by atoms with Crippen LogP contribution in [0.25, 0.3) is 0 Å². The molecule has 1 saturated heterocycles. The van der Waals surface area contributed by atoms with Crippen molar-refractivity contribution in [3.8, 4) is 0 Å². The summed E-state index contributed by atoms with van der Waals surface area (Å²) in [7, 11) is 0. The molecule has 1 heterocycles. The summed E-state index contributed by atoms with van der Waals surface area (Å²) < 4.78 is 5.46. The molecule has 3 unspecified atom stereocenters. The molecule has 0 aromatic heterocycles. The Morgan fingerprint density at radius 2 is 2.14 bits per heavy atom. The van der Waals surface area contributed by atoms with Crippen molar-refractivity contribution in [3.63, 3.8) is 0 Å². The van der Waals surface area contributed by atoms with Gasteiger partial charge in [0.2, 0.25) is 0 Å². The lowest BCUT2D eigenvalue weighted by atomic mass is 9.66. The fourth-order valence-corrected chi connectivity index (χ4v) is 2.95. The summed E-state index contributed by atoms with van der Waals surface area (Å²) in [6, 6.07) is 0. The Balaban J connectivity index is 2.10. The number of fused-ring (bicyclic) bond motifs is 1. The van der Waals surface area contributed by atoms with Crippen molar-refractivity contribution in [1.82, 2.24) is 0 Å². The van der Waals surface area contributed by atoms with E-state index in [0.29, 0.717) is 23.7 Å². The number of esters is 1. The standard InChI is InChI=1S/C12H20O2/c1-8-6-11(13)14-10-7-12(2,3)5-4-9(8)10/h8-10H,4-7H2,1-3H3. The van der Waals surface area contributed by atoms with Crippen LogP contribution in [0, 0.1) is 17.3 Å². The molecular formula is C12H20O2. The van der Waals surface area contributed by atoms with Crippen LogP contribution in [0.15, 0.2) is 0 Å². The monoisotopic (exact) mass is 196 g/mol. The number of carbonyl (C=O) groups excluding carboxylic acids is 1. The molecule has 0 bridgehead atoms. The first-order chi connectivity index (χ1) is 6.48. The van der Waals surface area contributed by atoms with Gasteiger partial charge in [0.1, 0.15) is 6.10 Å². The Morgan fingerprint density at radius 3 is 2.86 bits per heavy atom. The number of rotatable bonds is 0. The van der Waals surface area contributed by atoms with Gasteiger partial charge in [-0.2, -0.15) is 0 Å². The van der Waals surface area contributed by atoms with Crippen LogP contribution in [0.2, 0.25) is 0 Å². The van der Waals surface area contributed by atoms with Crippen molar-refractivity contribution >= 4 is 5.97 Å². The molecular weight excluding hydrogens is 176 g/mol. The largest absolute Gasteiger partial charge is 0.462 e. The van der Waals surface area contributed by atoms with Gasteiger partial charge in [-0.15, -0.1) is 0 Å². The average molecular weight is 196 g/mol. The minimum Gasteiger partial charge on any atom is -0.462 e. The summed E-state index contributed by atoms with van der Waals surface area (Å²) >= 11 is 0. The minimum absolute atomic E-state index is 0.0106. The van der Waals surface area contributed by atoms with Gasteiger partial charge in [0.15, 0.2) is 0 Å². The zero-order valence-electron chi connectivity index (χ0n) is 9.38. The zero-order chi connectivity index (χ0) is 10.3. The maximum atomic E-state index is 11.3. The molecule has 2 rings (SSSR count). The Morgan fingerprint density at radius 1 is 1.43 bits per heavy atom. The second-order valence-electron chi connectivity index (χ2n) is 5.78. The lowest BCUT2D eigenvalue weighted by Crippen LogP contribution is -2.44. The van der Waals surface area contributed by atoms with Crippen LogP contribution in [0.4, 0.5) is 0 Å². The summed E-state index contributed by atoms with van der Waals surface area (Å²) in [5, 5.41) is 0. The van der Waals surface area contributed by atoms with Crippen LogP contribution in [0.3, 0.4) is 0 Å². The molecule has 1 aliphatic heterocycles. The summed E-state index contributed by atoms with van der Waals surface area (Å²) in [6.07, 6.45) is 4.38. The second kappa shape index (κ2) is 3.25. The van der Waals surface area contributed by atoms with Crippen molar-refractivity contribution in [1.29, 1.82) is 0 Å². The lowest BCUT2D eigenvalue weighted by molar-refractivity contribution is -0.169. The van der Waals surface area contributed by atoms with Crippen molar-refractivity contribution in [3.05, 3.63) is 0 Å². The van der Waals surface area contributed by atoms with Crippen LogP contribution >= 0.6 is 0 Å². The normalized spacial score (nSPS) is 41.4. The molecule has 14 heavy (non-hydrogen) atoms. The highest BCUT2D eigenvalue weighted by Crippen LogP contribution is 2.45. The van der Waals surface area contributed by atoms with E-state index < -0.39 is 0 Å². The third-order valence-electron chi connectivity index (χ3n) is 3.89. The van der Waals surface area contributed by atoms with Crippen LogP contribution < -0.4 is 0 Å². The van der Waals surface area contributed by atoms with Gasteiger partial charge in [-0.05, 0) is 36.5 Å². The number of hydrogen-bond donors (Lipinski definition) is 0. The average Bonchev–Trinajstić information content (AvgIpc) is 2.00. The number of hydrogen-bond acceptors (Lipinski definition) is 2. The highest BCUT2D eigenvalue weighted by atomic mass is 16.5. The Labute approximate surface area is 86.0 Å². The van der Waals surface area contributed by atoms with E-state index in [-0.39, 0.29) is 12.1 Å². The van der Waals surface area contributed by atoms with E-state index in [9.17, 15) is 4.79 Å².